The normalized spacial score (nSPS) is 25.0. The Morgan fingerprint density at radius 1 is 1.14 bits per heavy atom. The van der Waals surface area contributed by atoms with Crippen LogP contribution in [-0.2, 0) is 17.5 Å². The van der Waals surface area contributed by atoms with Gasteiger partial charge in [0, 0.05) is 31.7 Å². The summed E-state index contributed by atoms with van der Waals surface area (Å²) >= 11 is 0. The molecule has 0 amide bonds. The average Bonchev–Trinajstić information content (AvgIpc) is 3.06. The number of ether oxygens (including phenoxy) is 2. The minimum absolute atomic E-state index is 0.118. The molecule has 2 heterocycles. The molecule has 4 nitrogen and oxygen atoms in total. The van der Waals surface area contributed by atoms with Crippen LogP contribution in [0, 0.1) is 11.3 Å². The highest BCUT2D eigenvalue weighted by Gasteiger charge is 2.47. The van der Waals surface area contributed by atoms with Gasteiger partial charge in [0.1, 0.15) is 11.5 Å². The lowest BCUT2D eigenvalue weighted by Gasteiger charge is -2.36. The van der Waals surface area contributed by atoms with E-state index in [4.69, 9.17) is 9.47 Å². The van der Waals surface area contributed by atoms with Crippen molar-refractivity contribution in [3.05, 3.63) is 59.7 Å². The van der Waals surface area contributed by atoms with Gasteiger partial charge in [-0.3, -0.25) is 4.90 Å². The number of nitrogens with zero attached hydrogens (tertiary/aromatic N) is 1. The predicted octanol–water partition coefficient (Wildman–Crippen LogP) is 4.33. The predicted molar refractivity (Wildman–Crippen MR) is 102 cm³/mol. The van der Waals surface area contributed by atoms with E-state index in [1.54, 1.807) is 6.07 Å². The summed E-state index contributed by atoms with van der Waals surface area (Å²) in [5.74, 6) is 1.07. The minimum atomic E-state index is -4.40. The Labute approximate surface area is 167 Å². The Balaban J connectivity index is 1.45. The first-order chi connectivity index (χ1) is 13.9. The van der Waals surface area contributed by atoms with Crippen LogP contribution >= 0.6 is 0 Å². The molecule has 2 atom stereocenters. The second-order valence-electron chi connectivity index (χ2n) is 8.00. The van der Waals surface area contributed by atoms with Gasteiger partial charge in [-0.25, -0.2) is 0 Å². The smallest absolute Gasteiger partial charge is 0.416 e. The minimum Gasteiger partial charge on any atom is -0.457 e. The number of likely N-dealkylation sites (tertiary alicyclic amines) is 1. The van der Waals surface area contributed by atoms with Gasteiger partial charge in [-0.1, -0.05) is 18.2 Å². The maximum atomic E-state index is 12.9. The number of alkyl halides is 3. The van der Waals surface area contributed by atoms with Gasteiger partial charge in [0.2, 0.25) is 0 Å². The summed E-state index contributed by atoms with van der Waals surface area (Å²) in [5, 5.41) is 9.92. The largest absolute Gasteiger partial charge is 0.457 e. The van der Waals surface area contributed by atoms with E-state index < -0.39 is 11.7 Å². The zero-order valence-corrected chi connectivity index (χ0v) is 16.0. The molecule has 2 aromatic carbocycles. The van der Waals surface area contributed by atoms with Crippen LogP contribution in [0.2, 0.25) is 0 Å². The summed E-state index contributed by atoms with van der Waals surface area (Å²) in [4.78, 5) is 2.30. The fourth-order valence-electron chi connectivity index (χ4n) is 4.39. The van der Waals surface area contributed by atoms with Crippen molar-refractivity contribution in [2.45, 2.75) is 19.1 Å². The highest BCUT2D eigenvalue weighted by Crippen LogP contribution is 2.41. The molecule has 0 aliphatic carbocycles. The number of hydrogen-bond acceptors (Lipinski definition) is 4. The van der Waals surface area contributed by atoms with Crippen LogP contribution in [0.3, 0.4) is 0 Å². The van der Waals surface area contributed by atoms with E-state index in [2.05, 4.69) is 4.90 Å². The zero-order valence-electron chi connectivity index (χ0n) is 16.0. The van der Waals surface area contributed by atoms with Crippen LogP contribution in [-0.4, -0.2) is 42.9 Å². The molecule has 0 saturated carbocycles. The summed E-state index contributed by atoms with van der Waals surface area (Å²) < 4.78 is 50.0. The second-order valence-corrected chi connectivity index (χ2v) is 8.00. The highest BCUT2D eigenvalue weighted by atomic mass is 19.4. The van der Waals surface area contributed by atoms with Crippen molar-refractivity contribution in [1.82, 2.24) is 4.90 Å². The van der Waals surface area contributed by atoms with E-state index in [0.29, 0.717) is 24.8 Å². The number of benzene rings is 2. The first-order valence-corrected chi connectivity index (χ1v) is 9.73. The molecular weight excluding hydrogens is 383 g/mol. The first-order valence-electron chi connectivity index (χ1n) is 9.73. The van der Waals surface area contributed by atoms with E-state index >= 15 is 0 Å². The molecule has 0 radical (unpaired) electrons. The van der Waals surface area contributed by atoms with Gasteiger partial charge in [0.15, 0.2) is 0 Å². The summed E-state index contributed by atoms with van der Waals surface area (Å²) in [6.07, 6.45) is -3.45. The third kappa shape index (κ3) is 4.42. The van der Waals surface area contributed by atoms with Crippen LogP contribution < -0.4 is 4.74 Å². The molecule has 0 unspecified atom stereocenters. The average molecular weight is 407 g/mol. The summed E-state index contributed by atoms with van der Waals surface area (Å²) in [6, 6.07) is 12.3. The van der Waals surface area contributed by atoms with E-state index in [0.717, 1.165) is 43.8 Å². The Hall–Kier alpha value is -2.09. The molecule has 4 rings (SSSR count). The van der Waals surface area contributed by atoms with Gasteiger partial charge in [0.25, 0.3) is 0 Å². The van der Waals surface area contributed by atoms with Crippen molar-refractivity contribution < 1.29 is 27.8 Å². The van der Waals surface area contributed by atoms with Crippen LogP contribution in [0.25, 0.3) is 0 Å². The highest BCUT2D eigenvalue weighted by molar-refractivity contribution is 5.36. The Kier molecular flexibility index (Phi) is 5.55. The molecule has 0 aromatic heterocycles. The lowest BCUT2D eigenvalue weighted by Crippen LogP contribution is -2.42. The lowest BCUT2D eigenvalue weighted by atomic mass is 9.76. The summed E-state index contributed by atoms with van der Waals surface area (Å²) in [6.45, 7) is 3.81. The lowest BCUT2D eigenvalue weighted by molar-refractivity contribution is -0.137. The van der Waals surface area contributed by atoms with Gasteiger partial charge in [-0.05, 0) is 48.2 Å². The van der Waals surface area contributed by atoms with Crippen molar-refractivity contribution in [3.63, 3.8) is 0 Å². The molecule has 156 valence electrons. The molecule has 1 N–H and O–H groups in total. The third-order valence-electron chi connectivity index (χ3n) is 5.90. The quantitative estimate of drug-likeness (QED) is 0.801. The SMILES string of the molecule is OC[C@]12COCC[C@H]1CN(Cc1cccc(Oc3cccc(C(F)(F)F)c3)c1)C2. The van der Waals surface area contributed by atoms with Gasteiger partial charge in [-0.15, -0.1) is 0 Å². The molecule has 2 aromatic rings. The Bertz CT molecular complexity index is 857. The van der Waals surface area contributed by atoms with Gasteiger partial charge in [-0.2, -0.15) is 13.2 Å². The van der Waals surface area contributed by atoms with Crippen LogP contribution in [0.15, 0.2) is 48.5 Å². The monoisotopic (exact) mass is 407 g/mol. The number of aliphatic hydroxyl groups is 1. The van der Waals surface area contributed by atoms with E-state index in [-0.39, 0.29) is 17.8 Å². The van der Waals surface area contributed by atoms with E-state index in [1.807, 2.05) is 18.2 Å². The molecule has 2 saturated heterocycles. The molecule has 2 fully saturated rings. The van der Waals surface area contributed by atoms with Crippen molar-refractivity contribution in [3.8, 4) is 11.5 Å². The topological polar surface area (TPSA) is 41.9 Å². The molecule has 2 aliphatic heterocycles. The van der Waals surface area contributed by atoms with Gasteiger partial charge in [0.05, 0.1) is 18.8 Å². The number of rotatable bonds is 5. The maximum absolute atomic E-state index is 12.9. The van der Waals surface area contributed by atoms with E-state index in [9.17, 15) is 18.3 Å². The number of hydrogen-bond donors (Lipinski definition) is 1. The molecular formula is C22H24F3NO3. The number of aliphatic hydroxyl groups excluding tert-OH is 1. The summed E-state index contributed by atoms with van der Waals surface area (Å²) in [5.41, 5.74) is 0.0918. The third-order valence-corrected chi connectivity index (χ3v) is 5.90. The molecule has 2 aliphatic rings. The maximum Gasteiger partial charge on any atom is 0.416 e. The van der Waals surface area contributed by atoms with Crippen molar-refractivity contribution >= 4 is 0 Å². The van der Waals surface area contributed by atoms with Crippen LogP contribution in [0.1, 0.15) is 17.5 Å². The molecule has 0 bridgehead atoms. The van der Waals surface area contributed by atoms with Crippen molar-refractivity contribution in [2.75, 3.05) is 32.9 Å². The number of fused-ring (bicyclic) bond motifs is 1. The summed E-state index contributed by atoms with van der Waals surface area (Å²) in [7, 11) is 0. The second kappa shape index (κ2) is 7.97. The standard InChI is InChI=1S/C22H24F3NO3/c23-22(24,25)17-4-2-6-20(10-17)29-19-5-1-3-16(9-19)11-26-12-18-7-8-28-15-21(18,13-26)14-27/h1-6,9-10,18,27H,7-8,11-15H2/t18-,21+/m0/s1. The first kappa shape index (κ1) is 20.2. The zero-order chi connectivity index (χ0) is 20.5. The number of halogens is 3. The molecule has 0 spiro atoms. The van der Waals surface area contributed by atoms with E-state index in [1.165, 1.54) is 12.1 Å². The Morgan fingerprint density at radius 2 is 1.90 bits per heavy atom. The molecule has 7 heteroatoms. The van der Waals surface area contributed by atoms with Crippen LogP contribution in [0.5, 0.6) is 11.5 Å². The Morgan fingerprint density at radius 3 is 2.62 bits per heavy atom. The fourth-order valence-corrected chi connectivity index (χ4v) is 4.39. The van der Waals surface area contributed by atoms with Gasteiger partial charge >= 0.3 is 6.18 Å². The van der Waals surface area contributed by atoms with Gasteiger partial charge < -0.3 is 14.6 Å². The van der Waals surface area contributed by atoms with Crippen LogP contribution in [0.4, 0.5) is 13.2 Å². The molecule has 29 heavy (non-hydrogen) atoms. The van der Waals surface area contributed by atoms with Crippen molar-refractivity contribution in [2.24, 2.45) is 11.3 Å². The fraction of sp³-hybridized carbons (Fsp3) is 0.455. The van der Waals surface area contributed by atoms with Crippen molar-refractivity contribution in [1.29, 1.82) is 0 Å².